The molecule has 1 aromatic heterocycles. The van der Waals surface area contributed by atoms with Gasteiger partial charge < -0.3 is 9.42 Å². The molecule has 1 saturated heterocycles. The first-order valence-corrected chi connectivity index (χ1v) is 9.49. The van der Waals surface area contributed by atoms with Gasteiger partial charge in [0.1, 0.15) is 5.82 Å². The normalized spacial score (nSPS) is 17.0. The number of benzene rings is 2. The van der Waals surface area contributed by atoms with Crippen LogP contribution in [0.5, 0.6) is 0 Å². The van der Waals surface area contributed by atoms with Crippen LogP contribution >= 0.6 is 11.6 Å². The Balaban J connectivity index is 1.53. The quantitative estimate of drug-likeness (QED) is 0.607. The molecule has 0 aliphatic carbocycles. The fourth-order valence-electron chi connectivity index (χ4n) is 3.31. The zero-order valence-corrected chi connectivity index (χ0v) is 16.3. The van der Waals surface area contributed by atoms with E-state index in [4.69, 9.17) is 16.1 Å². The largest absolute Gasteiger partial charge is 0.334 e. The summed E-state index contributed by atoms with van der Waals surface area (Å²) in [6.07, 6.45) is 0.264. The van der Waals surface area contributed by atoms with Gasteiger partial charge >= 0.3 is 0 Å². The average Bonchev–Trinajstić information content (AvgIpc) is 3.31. The summed E-state index contributed by atoms with van der Waals surface area (Å²) >= 11 is 5.84. The molecule has 4 rings (SSSR count). The van der Waals surface area contributed by atoms with Gasteiger partial charge in [0.25, 0.3) is 5.89 Å². The van der Waals surface area contributed by atoms with E-state index in [9.17, 15) is 9.18 Å². The van der Waals surface area contributed by atoms with Crippen molar-refractivity contribution >= 4 is 23.2 Å². The van der Waals surface area contributed by atoms with Gasteiger partial charge in [-0.2, -0.15) is 4.98 Å². The third-order valence-corrected chi connectivity index (χ3v) is 5.26. The minimum Gasteiger partial charge on any atom is -0.334 e. The van der Waals surface area contributed by atoms with Gasteiger partial charge in [0, 0.05) is 30.1 Å². The number of anilines is 1. The van der Waals surface area contributed by atoms with Gasteiger partial charge in [-0.25, -0.2) is 4.39 Å². The molecule has 28 heavy (non-hydrogen) atoms. The van der Waals surface area contributed by atoms with Crippen LogP contribution in [0.15, 0.2) is 47.0 Å². The maximum atomic E-state index is 13.4. The van der Waals surface area contributed by atoms with Crippen LogP contribution in [-0.2, 0) is 4.79 Å². The van der Waals surface area contributed by atoms with Crippen molar-refractivity contribution in [2.75, 3.05) is 11.4 Å². The van der Waals surface area contributed by atoms with Crippen molar-refractivity contribution in [3.8, 4) is 11.5 Å². The minimum atomic E-state index is -0.514. The summed E-state index contributed by atoms with van der Waals surface area (Å²) in [5, 5.41) is 4.06. The van der Waals surface area contributed by atoms with Gasteiger partial charge in [0.15, 0.2) is 5.82 Å². The van der Waals surface area contributed by atoms with E-state index in [1.54, 1.807) is 11.0 Å². The molecule has 2 aromatic carbocycles. The third-order valence-electron chi connectivity index (χ3n) is 4.97. The van der Waals surface area contributed by atoms with Crippen LogP contribution < -0.4 is 4.90 Å². The Morgan fingerprint density at radius 2 is 1.96 bits per heavy atom. The highest BCUT2D eigenvalue weighted by atomic mass is 35.5. The minimum absolute atomic E-state index is 0.0135. The van der Waals surface area contributed by atoms with Gasteiger partial charge in [0.05, 0.1) is 5.02 Å². The molecule has 0 spiro atoms. The smallest absolute Gasteiger partial charge is 0.257 e. The Bertz CT molecular complexity index is 1020. The standard InChI is InChI=1S/C21H19ClFN3O2/c1-12(2)13-3-5-14(6-4-13)21-24-20(25-28-21)15-9-19(27)26(11-15)16-7-8-18(23)17(22)10-16/h3-8,10,12,15H,9,11H2,1-2H3. The number of nitrogens with zero attached hydrogens (tertiary/aromatic N) is 3. The maximum absolute atomic E-state index is 13.4. The molecule has 5 nitrogen and oxygen atoms in total. The highest BCUT2D eigenvalue weighted by Gasteiger charge is 2.34. The number of amides is 1. The Morgan fingerprint density at radius 1 is 1.21 bits per heavy atom. The zero-order valence-electron chi connectivity index (χ0n) is 15.5. The highest BCUT2D eigenvalue weighted by molar-refractivity contribution is 6.31. The SMILES string of the molecule is CC(C)c1ccc(-c2nc(C3CC(=O)N(c4ccc(F)c(Cl)c4)C3)no2)cc1. The third kappa shape index (κ3) is 3.52. The van der Waals surface area contributed by atoms with Crippen LogP contribution in [0, 0.1) is 5.82 Å². The number of halogens is 2. The summed E-state index contributed by atoms with van der Waals surface area (Å²) in [6.45, 7) is 4.67. The van der Waals surface area contributed by atoms with Crippen molar-refractivity contribution in [3.05, 3.63) is 64.7 Å². The van der Waals surface area contributed by atoms with Crippen molar-refractivity contribution in [3.63, 3.8) is 0 Å². The van der Waals surface area contributed by atoms with E-state index >= 15 is 0 Å². The Kier molecular flexibility index (Phi) is 4.89. The lowest BCUT2D eigenvalue weighted by Gasteiger charge is -2.16. The fourth-order valence-corrected chi connectivity index (χ4v) is 3.49. The Morgan fingerprint density at radius 3 is 2.64 bits per heavy atom. The van der Waals surface area contributed by atoms with Crippen molar-refractivity contribution in [1.29, 1.82) is 0 Å². The number of hydrogen-bond donors (Lipinski definition) is 0. The molecule has 0 bridgehead atoms. The summed E-state index contributed by atoms with van der Waals surface area (Å²) in [6, 6.07) is 12.3. The molecule has 144 valence electrons. The van der Waals surface area contributed by atoms with E-state index in [0.29, 0.717) is 29.9 Å². The first kappa shape index (κ1) is 18.6. The summed E-state index contributed by atoms with van der Waals surface area (Å²) in [5.41, 5.74) is 2.64. The Labute approximate surface area is 167 Å². The van der Waals surface area contributed by atoms with E-state index in [1.165, 1.54) is 17.7 Å². The molecule has 1 aliphatic heterocycles. The summed E-state index contributed by atoms with van der Waals surface area (Å²) in [4.78, 5) is 18.5. The zero-order chi connectivity index (χ0) is 19.8. The number of carbonyl (C=O) groups excluding carboxylic acids is 1. The van der Waals surface area contributed by atoms with Crippen molar-refractivity contribution in [1.82, 2.24) is 10.1 Å². The number of hydrogen-bond acceptors (Lipinski definition) is 4. The molecule has 1 unspecified atom stereocenters. The first-order chi connectivity index (χ1) is 13.4. The predicted molar refractivity (Wildman–Crippen MR) is 105 cm³/mol. The van der Waals surface area contributed by atoms with Crippen molar-refractivity contribution < 1.29 is 13.7 Å². The Hall–Kier alpha value is -2.73. The van der Waals surface area contributed by atoms with Gasteiger partial charge in [-0.15, -0.1) is 0 Å². The fraction of sp³-hybridized carbons (Fsp3) is 0.286. The van der Waals surface area contributed by atoms with E-state index in [2.05, 4.69) is 24.0 Å². The van der Waals surface area contributed by atoms with Crippen LogP contribution in [0.2, 0.25) is 5.02 Å². The lowest BCUT2D eigenvalue weighted by atomic mass is 10.0. The lowest BCUT2D eigenvalue weighted by Crippen LogP contribution is -2.24. The monoisotopic (exact) mass is 399 g/mol. The average molecular weight is 400 g/mol. The van der Waals surface area contributed by atoms with E-state index in [0.717, 1.165) is 5.56 Å². The highest BCUT2D eigenvalue weighted by Crippen LogP contribution is 2.33. The molecular formula is C21H19ClFN3O2. The molecule has 0 N–H and O–H groups in total. The number of carbonyl (C=O) groups is 1. The van der Waals surface area contributed by atoms with Crippen LogP contribution in [0.3, 0.4) is 0 Å². The topological polar surface area (TPSA) is 59.2 Å². The lowest BCUT2D eigenvalue weighted by molar-refractivity contribution is -0.117. The summed E-state index contributed by atoms with van der Waals surface area (Å²) < 4.78 is 18.8. The van der Waals surface area contributed by atoms with Gasteiger partial charge in [-0.3, -0.25) is 4.79 Å². The van der Waals surface area contributed by atoms with Crippen molar-refractivity contribution in [2.24, 2.45) is 0 Å². The van der Waals surface area contributed by atoms with Crippen molar-refractivity contribution in [2.45, 2.75) is 32.1 Å². The number of aromatic nitrogens is 2. The van der Waals surface area contributed by atoms with Crippen LogP contribution in [0.4, 0.5) is 10.1 Å². The molecule has 0 radical (unpaired) electrons. The molecule has 0 saturated carbocycles. The molecule has 1 fully saturated rings. The summed E-state index contributed by atoms with van der Waals surface area (Å²) in [7, 11) is 0. The molecule has 1 atom stereocenters. The van der Waals surface area contributed by atoms with Gasteiger partial charge in [0.2, 0.25) is 5.91 Å². The molecular weight excluding hydrogens is 381 g/mol. The molecule has 1 aliphatic rings. The predicted octanol–water partition coefficient (Wildman–Crippen LogP) is 5.17. The second-order valence-electron chi connectivity index (χ2n) is 7.24. The second kappa shape index (κ2) is 7.36. The van der Waals surface area contributed by atoms with Gasteiger partial charge in [-0.05, 0) is 41.8 Å². The second-order valence-corrected chi connectivity index (χ2v) is 7.65. The van der Waals surface area contributed by atoms with E-state index < -0.39 is 5.82 Å². The molecule has 1 amide bonds. The maximum Gasteiger partial charge on any atom is 0.257 e. The summed E-state index contributed by atoms with van der Waals surface area (Å²) in [5.74, 6) is 0.583. The molecule has 3 aromatic rings. The van der Waals surface area contributed by atoms with Crippen LogP contribution in [-0.4, -0.2) is 22.6 Å². The number of rotatable bonds is 4. The van der Waals surface area contributed by atoms with Crippen LogP contribution in [0.25, 0.3) is 11.5 Å². The van der Waals surface area contributed by atoms with Gasteiger partial charge in [-0.1, -0.05) is 42.7 Å². The first-order valence-electron chi connectivity index (χ1n) is 9.11. The van der Waals surface area contributed by atoms with E-state index in [1.807, 2.05) is 24.3 Å². The van der Waals surface area contributed by atoms with Crippen LogP contribution in [0.1, 0.15) is 43.5 Å². The molecule has 7 heteroatoms. The molecule has 2 heterocycles. The van der Waals surface area contributed by atoms with E-state index in [-0.39, 0.29) is 23.3 Å².